The fraction of sp³-hybridized carbons (Fsp3) is 0.278. The standard InChI is InChI=1S/C18H19FN2O/c1-18(2)14-10-12(19)9-13(16(14)21-17(18)22)15(20)8-11-6-4-3-5-7-11/h3-7,9-10,15H,8,20H2,1-2H3,(H,21,22). The van der Waals surface area contributed by atoms with E-state index in [1.54, 1.807) is 13.8 Å². The molecule has 3 rings (SSSR count). The maximum absolute atomic E-state index is 14.0. The first-order valence-corrected chi connectivity index (χ1v) is 7.34. The third-order valence-electron chi connectivity index (χ3n) is 4.31. The van der Waals surface area contributed by atoms with E-state index in [2.05, 4.69) is 5.32 Å². The van der Waals surface area contributed by atoms with Gasteiger partial charge in [0.15, 0.2) is 0 Å². The van der Waals surface area contributed by atoms with Crippen molar-refractivity contribution in [3.05, 3.63) is 65.0 Å². The van der Waals surface area contributed by atoms with E-state index in [0.717, 1.165) is 5.56 Å². The molecule has 0 radical (unpaired) electrons. The molecule has 0 saturated carbocycles. The van der Waals surface area contributed by atoms with Crippen LogP contribution >= 0.6 is 0 Å². The predicted molar refractivity (Wildman–Crippen MR) is 85.1 cm³/mol. The fourth-order valence-electron chi connectivity index (χ4n) is 2.92. The lowest BCUT2D eigenvalue weighted by atomic mass is 9.84. The van der Waals surface area contributed by atoms with Gasteiger partial charge in [0.25, 0.3) is 0 Å². The average molecular weight is 298 g/mol. The van der Waals surface area contributed by atoms with Gasteiger partial charge in [-0.1, -0.05) is 30.3 Å². The smallest absolute Gasteiger partial charge is 0.234 e. The van der Waals surface area contributed by atoms with E-state index < -0.39 is 5.41 Å². The van der Waals surface area contributed by atoms with Crippen LogP contribution in [0.2, 0.25) is 0 Å². The quantitative estimate of drug-likeness (QED) is 0.913. The molecule has 0 aromatic heterocycles. The van der Waals surface area contributed by atoms with Crippen LogP contribution in [-0.4, -0.2) is 5.91 Å². The Morgan fingerprint density at radius 2 is 1.91 bits per heavy atom. The summed E-state index contributed by atoms with van der Waals surface area (Å²) in [5.41, 5.74) is 8.62. The molecule has 2 aromatic carbocycles. The lowest BCUT2D eigenvalue weighted by molar-refractivity contribution is -0.119. The Labute approximate surface area is 129 Å². The number of fused-ring (bicyclic) bond motifs is 1. The van der Waals surface area contributed by atoms with Crippen molar-refractivity contribution in [2.45, 2.75) is 31.7 Å². The third-order valence-corrected chi connectivity index (χ3v) is 4.31. The predicted octanol–water partition coefficient (Wildman–Crippen LogP) is 3.30. The van der Waals surface area contributed by atoms with Crippen LogP contribution in [0, 0.1) is 5.82 Å². The van der Waals surface area contributed by atoms with E-state index in [9.17, 15) is 9.18 Å². The number of anilines is 1. The van der Waals surface area contributed by atoms with Gasteiger partial charge in [-0.2, -0.15) is 0 Å². The van der Waals surface area contributed by atoms with Gasteiger partial charge < -0.3 is 11.1 Å². The first kappa shape index (κ1) is 14.7. The second kappa shape index (κ2) is 5.21. The van der Waals surface area contributed by atoms with Gasteiger partial charge in [-0.05, 0) is 49.1 Å². The molecule has 0 bridgehead atoms. The van der Waals surface area contributed by atoms with E-state index in [1.807, 2.05) is 30.3 Å². The van der Waals surface area contributed by atoms with Gasteiger partial charge in [-0.3, -0.25) is 4.79 Å². The third kappa shape index (κ3) is 2.40. The van der Waals surface area contributed by atoms with Crippen molar-refractivity contribution >= 4 is 11.6 Å². The number of amides is 1. The number of hydrogen-bond donors (Lipinski definition) is 2. The highest BCUT2D eigenvalue weighted by Crippen LogP contribution is 2.41. The highest BCUT2D eigenvalue weighted by molar-refractivity contribution is 6.06. The molecule has 3 N–H and O–H groups in total. The van der Waals surface area contributed by atoms with Crippen LogP contribution in [0.4, 0.5) is 10.1 Å². The Morgan fingerprint density at radius 1 is 1.23 bits per heavy atom. The highest BCUT2D eigenvalue weighted by Gasteiger charge is 2.40. The van der Waals surface area contributed by atoms with Crippen LogP contribution in [0.25, 0.3) is 0 Å². The largest absolute Gasteiger partial charge is 0.325 e. The zero-order valence-corrected chi connectivity index (χ0v) is 12.7. The van der Waals surface area contributed by atoms with E-state index in [-0.39, 0.29) is 17.8 Å². The van der Waals surface area contributed by atoms with E-state index in [1.165, 1.54) is 12.1 Å². The van der Waals surface area contributed by atoms with Crippen molar-refractivity contribution in [2.75, 3.05) is 5.32 Å². The Hall–Kier alpha value is -2.20. The van der Waals surface area contributed by atoms with Crippen molar-refractivity contribution < 1.29 is 9.18 Å². The molecule has 1 aliphatic rings. The second-order valence-electron chi connectivity index (χ2n) is 6.29. The monoisotopic (exact) mass is 298 g/mol. The van der Waals surface area contributed by atoms with Gasteiger partial charge in [0, 0.05) is 6.04 Å². The number of rotatable bonds is 3. The lowest BCUT2D eigenvalue weighted by Gasteiger charge is -2.18. The van der Waals surface area contributed by atoms with Crippen molar-refractivity contribution in [1.29, 1.82) is 0 Å². The molecule has 0 saturated heterocycles. The van der Waals surface area contributed by atoms with Gasteiger partial charge in [0.2, 0.25) is 5.91 Å². The Balaban J connectivity index is 2.00. The molecule has 0 fully saturated rings. The summed E-state index contributed by atoms with van der Waals surface area (Å²) >= 11 is 0. The number of benzene rings is 2. The van der Waals surface area contributed by atoms with Crippen LogP contribution in [0.5, 0.6) is 0 Å². The van der Waals surface area contributed by atoms with Gasteiger partial charge >= 0.3 is 0 Å². The summed E-state index contributed by atoms with van der Waals surface area (Å²) in [6.07, 6.45) is 0.590. The van der Waals surface area contributed by atoms with E-state index >= 15 is 0 Å². The van der Waals surface area contributed by atoms with Crippen LogP contribution in [0.3, 0.4) is 0 Å². The first-order chi connectivity index (χ1) is 10.4. The molecule has 2 aromatic rings. The molecule has 1 heterocycles. The van der Waals surface area contributed by atoms with Gasteiger partial charge in [-0.25, -0.2) is 4.39 Å². The molecular weight excluding hydrogens is 279 g/mol. The van der Waals surface area contributed by atoms with Crippen LogP contribution in [0.1, 0.15) is 36.6 Å². The molecule has 1 aliphatic heterocycles. The summed E-state index contributed by atoms with van der Waals surface area (Å²) in [6.45, 7) is 3.58. The number of halogens is 1. The zero-order chi connectivity index (χ0) is 15.9. The van der Waals surface area contributed by atoms with Crippen LogP contribution in [-0.2, 0) is 16.6 Å². The SMILES string of the molecule is CC1(C)C(=O)Nc2c(C(N)Cc3ccccc3)cc(F)cc21. The summed E-state index contributed by atoms with van der Waals surface area (Å²) in [6, 6.07) is 12.3. The maximum atomic E-state index is 14.0. The normalized spacial score (nSPS) is 17.0. The van der Waals surface area contributed by atoms with Crippen molar-refractivity contribution in [3.8, 4) is 0 Å². The molecule has 0 aliphatic carbocycles. The molecule has 4 heteroatoms. The number of nitrogens with two attached hydrogens (primary N) is 1. The average Bonchev–Trinajstić information content (AvgIpc) is 2.70. The number of hydrogen-bond acceptors (Lipinski definition) is 2. The first-order valence-electron chi connectivity index (χ1n) is 7.34. The Bertz CT molecular complexity index is 725. The maximum Gasteiger partial charge on any atom is 0.234 e. The number of carbonyl (C=O) groups excluding carboxylic acids is 1. The minimum atomic E-state index is -0.737. The molecule has 1 unspecified atom stereocenters. The number of carbonyl (C=O) groups is 1. The summed E-state index contributed by atoms with van der Waals surface area (Å²) in [7, 11) is 0. The lowest BCUT2D eigenvalue weighted by Crippen LogP contribution is -2.26. The molecule has 3 nitrogen and oxygen atoms in total. The van der Waals surface area contributed by atoms with Crippen LogP contribution in [0.15, 0.2) is 42.5 Å². The van der Waals surface area contributed by atoms with E-state index in [4.69, 9.17) is 5.73 Å². The van der Waals surface area contributed by atoms with Gasteiger partial charge in [0.05, 0.1) is 11.1 Å². The summed E-state index contributed by atoms with van der Waals surface area (Å²) in [5, 5.41) is 2.86. The topological polar surface area (TPSA) is 55.1 Å². The minimum absolute atomic E-state index is 0.124. The minimum Gasteiger partial charge on any atom is -0.325 e. The highest BCUT2D eigenvalue weighted by atomic mass is 19.1. The molecular formula is C18H19FN2O. The molecule has 22 heavy (non-hydrogen) atoms. The molecule has 1 atom stereocenters. The Kier molecular flexibility index (Phi) is 3.49. The van der Waals surface area contributed by atoms with E-state index in [0.29, 0.717) is 23.2 Å². The number of nitrogens with one attached hydrogen (secondary N) is 1. The fourth-order valence-corrected chi connectivity index (χ4v) is 2.92. The van der Waals surface area contributed by atoms with Gasteiger partial charge in [-0.15, -0.1) is 0 Å². The summed E-state index contributed by atoms with van der Waals surface area (Å²) < 4.78 is 14.0. The van der Waals surface area contributed by atoms with Crippen molar-refractivity contribution in [2.24, 2.45) is 5.73 Å². The molecule has 0 spiro atoms. The van der Waals surface area contributed by atoms with Gasteiger partial charge in [0.1, 0.15) is 5.82 Å². The van der Waals surface area contributed by atoms with Crippen molar-refractivity contribution in [1.82, 2.24) is 0 Å². The molecule has 114 valence electrons. The Morgan fingerprint density at radius 3 is 2.59 bits per heavy atom. The summed E-state index contributed by atoms with van der Waals surface area (Å²) in [4.78, 5) is 12.1. The zero-order valence-electron chi connectivity index (χ0n) is 12.7. The second-order valence-corrected chi connectivity index (χ2v) is 6.29. The van der Waals surface area contributed by atoms with Crippen LogP contribution < -0.4 is 11.1 Å². The molecule has 1 amide bonds. The van der Waals surface area contributed by atoms with Crippen molar-refractivity contribution in [3.63, 3.8) is 0 Å². The summed E-state index contributed by atoms with van der Waals surface area (Å²) in [5.74, 6) is -0.483.